The molecule has 0 aliphatic rings. The van der Waals surface area contributed by atoms with Crippen molar-refractivity contribution in [2.24, 2.45) is 0 Å². The maximum Gasteiger partial charge on any atom is 0.254 e. The predicted octanol–water partition coefficient (Wildman–Crippen LogP) is 5.69. The second-order valence-electron chi connectivity index (χ2n) is 5.69. The van der Waals surface area contributed by atoms with Gasteiger partial charge in [0.15, 0.2) is 6.61 Å². The molecule has 0 saturated carbocycles. The second kappa shape index (κ2) is 7.54. The van der Waals surface area contributed by atoms with Gasteiger partial charge in [0.2, 0.25) is 0 Å². The molecule has 0 atom stereocenters. The van der Waals surface area contributed by atoms with Crippen LogP contribution in [0, 0.1) is 6.92 Å². The van der Waals surface area contributed by atoms with Gasteiger partial charge in [0, 0.05) is 10.6 Å². The Morgan fingerprint density at radius 2 is 1.93 bits per heavy atom. The molecule has 0 amide bonds. The zero-order valence-corrected chi connectivity index (χ0v) is 16.5. The van der Waals surface area contributed by atoms with Crippen LogP contribution in [0.5, 0.6) is 5.75 Å². The number of hydrogen-bond acceptors (Lipinski definition) is 6. The van der Waals surface area contributed by atoms with E-state index in [2.05, 4.69) is 31.3 Å². The Balaban J connectivity index is 1.58. The quantitative estimate of drug-likeness (QED) is 0.392. The van der Waals surface area contributed by atoms with Crippen LogP contribution in [-0.4, -0.2) is 15.4 Å². The van der Waals surface area contributed by atoms with Crippen LogP contribution in [0.4, 0.5) is 0 Å². The molecule has 0 unspecified atom stereocenters. The molecule has 27 heavy (non-hydrogen) atoms. The summed E-state index contributed by atoms with van der Waals surface area (Å²) in [5, 5.41) is 12.9. The van der Waals surface area contributed by atoms with Crippen LogP contribution in [0.1, 0.15) is 11.7 Å². The first kappa shape index (κ1) is 17.8. The highest BCUT2D eigenvalue weighted by Crippen LogP contribution is 2.34. The summed E-state index contributed by atoms with van der Waals surface area (Å²) in [5.41, 5.74) is 2.24. The van der Waals surface area contributed by atoms with Crippen molar-refractivity contribution in [2.45, 2.75) is 13.5 Å². The molecule has 0 aliphatic heterocycles. The van der Waals surface area contributed by atoms with Crippen LogP contribution in [0.25, 0.3) is 22.7 Å². The van der Waals surface area contributed by atoms with E-state index in [1.54, 1.807) is 25.1 Å². The Hall–Kier alpha value is -2.64. The van der Waals surface area contributed by atoms with Gasteiger partial charge < -0.3 is 13.7 Å². The largest absolute Gasteiger partial charge is 0.483 e. The number of hydrogen-bond donors (Lipinski definition) is 0. The molecule has 0 saturated heterocycles. The van der Waals surface area contributed by atoms with Gasteiger partial charge >= 0.3 is 0 Å². The SMILES string of the molecule is Cc1onc(-c2ccccc2)c1-c1nnc(COc2ccc(Cl)cc2Br)o1. The smallest absolute Gasteiger partial charge is 0.254 e. The molecule has 4 rings (SSSR count). The van der Waals surface area contributed by atoms with Crippen LogP contribution in [-0.2, 0) is 6.61 Å². The number of ether oxygens (including phenoxy) is 1. The molecule has 0 N–H and O–H groups in total. The molecule has 0 aliphatic carbocycles. The van der Waals surface area contributed by atoms with E-state index in [0.29, 0.717) is 39.6 Å². The number of aryl methyl sites for hydroxylation is 1. The molecule has 2 aromatic carbocycles. The lowest BCUT2D eigenvalue weighted by atomic mass is 10.1. The lowest BCUT2D eigenvalue weighted by Gasteiger charge is -2.05. The lowest BCUT2D eigenvalue weighted by molar-refractivity contribution is 0.263. The van der Waals surface area contributed by atoms with Crippen LogP contribution >= 0.6 is 27.5 Å². The molecule has 0 bridgehead atoms. The Labute approximate surface area is 168 Å². The van der Waals surface area contributed by atoms with Gasteiger partial charge in [0.25, 0.3) is 11.8 Å². The van der Waals surface area contributed by atoms with E-state index in [1.165, 1.54) is 0 Å². The Morgan fingerprint density at radius 1 is 1.11 bits per heavy atom. The van der Waals surface area contributed by atoms with Crippen molar-refractivity contribution >= 4 is 27.5 Å². The highest BCUT2D eigenvalue weighted by molar-refractivity contribution is 9.10. The second-order valence-corrected chi connectivity index (χ2v) is 6.98. The number of halogens is 2. The van der Waals surface area contributed by atoms with Crippen molar-refractivity contribution in [3.8, 4) is 28.5 Å². The molecule has 4 aromatic rings. The molecule has 2 aromatic heterocycles. The molecule has 6 nitrogen and oxygen atoms in total. The maximum absolute atomic E-state index is 5.93. The first-order valence-corrected chi connectivity index (χ1v) is 9.21. The minimum Gasteiger partial charge on any atom is -0.483 e. The zero-order valence-electron chi connectivity index (χ0n) is 14.1. The van der Waals surface area contributed by atoms with Gasteiger partial charge in [-0.2, -0.15) is 0 Å². The fraction of sp³-hybridized carbons (Fsp3) is 0.105. The molecule has 0 spiro atoms. The highest BCUT2D eigenvalue weighted by Gasteiger charge is 2.22. The van der Waals surface area contributed by atoms with Crippen molar-refractivity contribution in [1.82, 2.24) is 15.4 Å². The molecule has 0 fully saturated rings. The Morgan fingerprint density at radius 3 is 2.70 bits per heavy atom. The van der Waals surface area contributed by atoms with Crippen LogP contribution in [0.3, 0.4) is 0 Å². The third-order valence-corrected chi connectivity index (χ3v) is 4.69. The summed E-state index contributed by atoms with van der Waals surface area (Å²) in [6.45, 7) is 1.93. The van der Waals surface area contributed by atoms with Crippen molar-refractivity contribution in [1.29, 1.82) is 0 Å². The summed E-state index contributed by atoms with van der Waals surface area (Å²) in [5.74, 6) is 1.91. The lowest BCUT2D eigenvalue weighted by Crippen LogP contribution is -1.96. The van der Waals surface area contributed by atoms with Gasteiger partial charge in [-0.15, -0.1) is 10.2 Å². The summed E-state index contributed by atoms with van der Waals surface area (Å²) in [7, 11) is 0. The highest BCUT2D eigenvalue weighted by atomic mass is 79.9. The van der Waals surface area contributed by atoms with Gasteiger partial charge in [-0.3, -0.25) is 0 Å². The van der Waals surface area contributed by atoms with Gasteiger partial charge in [-0.1, -0.05) is 47.1 Å². The van der Waals surface area contributed by atoms with E-state index >= 15 is 0 Å². The molecule has 136 valence electrons. The summed E-state index contributed by atoms with van der Waals surface area (Å²) in [6, 6.07) is 14.9. The predicted molar refractivity (Wildman–Crippen MR) is 103 cm³/mol. The van der Waals surface area contributed by atoms with E-state index in [-0.39, 0.29) is 6.61 Å². The van der Waals surface area contributed by atoms with Gasteiger partial charge in [-0.25, -0.2) is 0 Å². The normalized spacial score (nSPS) is 10.9. The van der Waals surface area contributed by atoms with Gasteiger partial charge in [0.05, 0.1) is 4.47 Å². The van der Waals surface area contributed by atoms with Crippen LogP contribution in [0.15, 0.2) is 61.9 Å². The first-order chi connectivity index (χ1) is 13.1. The average molecular weight is 447 g/mol. The van der Waals surface area contributed by atoms with Crippen molar-refractivity contribution < 1.29 is 13.7 Å². The monoisotopic (exact) mass is 445 g/mol. The van der Waals surface area contributed by atoms with Crippen LogP contribution in [0.2, 0.25) is 5.02 Å². The minimum absolute atomic E-state index is 0.123. The number of rotatable bonds is 5. The topological polar surface area (TPSA) is 74.2 Å². The maximum atomic E-state index is 5.93. The van der Waals surface area contributed by atoms with E-state index in [9.17, 15) is 0 Å². The number of aromatic nitrogens is 3. The van der Waals surface area contributed by atoms with Crippen molar-refractivity contribution in [3.63, 3.8) is 0 Å². The standard InChI is InChI=1S/C19H13BrClN3O3/c1-11-17(18(24-27-11)12-5-3-2-4-6-12)19-23-22-16(26-19)10-25-15-8-7-13(21)9-14(15)20/h2-9H,10H2,1H3. The molecule has 0 radical (unpaired) electrons. The van der Waals surface area contributed by atoms with E-state index in [4.69, 9.17) is 25.3 Å². The Kier molecular flexibility index (Phi) is 4.96. The van der Waals surface area contributed by atoms with Crippen molar-refractivity contribution in [3.05, 3.63) is 69.7 Å². The first-order valence-electron chi connectivity index (χ1n) is 8.04. The van der Waals surface area contributed by atoms with Crippen molar-refractivity contribution in [2.75, 3.05) is 0 Å². The van der Waals surface area contributed by atoms with E-state index in [0.717, 1.165) is 10.0 Å². The summed E-state index contributed by atoms with van der Waals surface area (Å²) < 4.78 is 17.6. The Bertz CT molecular complexity index is 1080. The number of benzene rings is 2. The summed E-state index contributed by atoms with van der Waals surface area (Å²) >= 11 is 9.34. The van der Waals surface area contributed by atoms with Gasteiger partial charge in [0.1, 0.15) is 22.8 Å². The van der Waals surface area contributed by atoms with E-state index in [1.807, 2.05) is 30.3 Å². The fourth-order valence-corrected chi connectivity index (χ4v) is 3.36. The number of nitrogens with zero attached hydrogens (tertiary/aromatic N) is 3. The van der Waals surface area contributed by atoms with Crippen LogP contribution < -0.4 is 4.74 Å². The zero-order chi connectivity index (χ0) is 18.8. The average Bonchev–Trinajstić information content (AvgIpc) is 3.28. The van der Waals surface area contributed by atoms with E-state index < -0.39 is 0 Å². The molecular weight excluding hydrogens is 434 g/mol. The summed E-state index contributed by atoms with van der Waals surface area (Å²) in [6.07, 6.45) is 0. The van der Waals surface area contributed by atoms with Gasteiger partial charge in [-0.05, 0) is 41.1 Å². The molecular formula is C19H13BrClN3O3. The third-order valence-electron chi connectivity index (χ3n) is 3.84. The minimum atomic E-state index is 0.123. The third kappa shape index (κ3) is 3.74. The molecule has 2 heterocycles. The molecule has 8 heteroatoms. The fourth-order valence-electron chi connectivity index (χ4n) is 2.56. The summed E-state index contributed by atoms with van der Waals surface area (Å²) in [4.78, 5) is 0.